The number of esters is 1. The molecule has 0 spiro atoms. The molecule has 1 atom stereocenters. The molecule has 1 fully saturated rings. The molecule has 0 saturated heterocycles. The van der Waals surface area contributed by atoms with Crippen molar-refractivity contribution in [2.24, 2.45) is 5.92 Å². The van der Waals surface area contributed by atoms with Crippen molar-refractivity contribution in [1.29, 1.82) is 0 Å². The van der Waals surface area contributed by atoms with Gasteiger partial charge in [-0.1, -0.05) is 57.8 Å². The maximum Gasteiger partial charge on any atom is 0.316 e. The van der Waals surface area contributed by atoms with Crippen LogP contribution in [0.3, 0.4) is 0 Å². The third kappa shape index (κ3) is 6.74. The van der Waals surface area contributed by atoms with Crippen molar-refractivity contribution in [3.05, 3.63) is 0 Å². The molecule has 1 rings (SSSR count). The second kappa shape index (κ2) is 9.99. The maximum absolute atomic E-state index is 12.1. The van der Waals surface area contributed by atoms with Crippen molar-refractivity contribution in [2.45, 2.75) is 77.0 Å². The summed E-state index contributed by atoms with van der Waals surface area (Å²) in [5.41, 5.74) is 0. The maximum atomic E-state index is 12.1. The molecule has 3 heteroatoms. The van der Waals surface area contributed by atoms with E-state index in [0.29, 0.717) is 12.8 Å². The number of ketones is 1. The highest BCUT2D eigenvalue weighted by atomic mass is 16.5. The Morgan fingerprint density at radius 1 is 0.895 bits per heavy atom. The molecule has 1 aliphatic carbocycles. The van der Waals surface area contributed by atoms with Gasteiger partial charge in [0.15, 0.2) is 0 Å². The number of hydrogen-bond donors (Lipinski definition) is 0. The highest BCUT2D eigenvalue weighted by Crippen LogP contribution is 2.19. The Labute approximate surface area is 117 Å². The van der Waals surface area contributed by atoms with E-state index in [1.807, 2.05) is 0 Å². The molecule has 19 heavy (non-hydrogen) atoms. The Morgan fingerprint density at radius 2 is 1.37 bits per heavy atom. The lowest BCUT2D eigenvalue weighted by Crippen LogP contribution is -2.25. The van der Waals surface area contributed by atoms with Crippen LogP contribution in [0, 0.1) is 5.92 Å². The van der Waals surface area contributed by atoms with E-state index in [1.54, 1.807) is 0 Å². The van der Waals surface area contributed by atoms with Gasteiger partial charge in [-0.3, -0.25) is 9.59 Å². The Kier molecular flexibility index (Phi) is 8.52. The molecule has 0 aromatic carbocycles. The van der Waals surface area contributed by atoms with Gasteiger partial charge < -0.3 is 4.74 Å². The van der Waals surface area contributed by atoms with Crippen LogP contribution in [0.1, 0.15) is 77.0 Å². The van der Waals surface area contributed by atoms with E-state index >= 15 is 0 Å². The minimum absolute atomic E-state index is 0.0870. The fraction of sp³-hybridized carbons (Fsp3) is 0.875. The number of carbonyl (C=O) groups is 2. The summed E-state index contributed by atoms with van der Waals surface area (Å²) in [4.78, 5) is 23.8. The first-order chi connectivity index (χ1) is 9.25. The van der Waals surface area contributed by atoms with E-state index in [4.69, 9.17) is 4.74 Å². The first-order valence-electron chi connectivity index (χ1n) is 7.86. The zero-order valence-electron chi connectivity index (χ0n) is 12.3. The lowest BCUT2D eigenvalue weighted by Gasteiger charge is -2.14. The van der Waals surface area contributed by atoms with E-state index in [2.05, 4.69) is 0 Å². The second-order valence-electron chi connectivity index (χ2n) is 5.62. The molecule has 0 bridgehead atoms. The van der Waals surface area contributed by atoms with Crippen molar-refractivity contribution in [1.82, 2.24) is 0 Å². The van der Waals surface area contributed by atoms with Crippen LogP contribution in [0.25, 0.3) is 0 Å². The molecule has 1 unspecified atom stereocenters. The average Bonchev–Trinajstić information content (AvgIpc) is 2.42. The van der Waals surface area contributed by atoms with Crippen molar-refractivity contribution >= 4 is 11.8 Å². The number of rotatable bonds is 1. The molecule has 1 aliphatic rings. The molecule has 0 aliphatic heterocycles. The van der Waals surface area contributed by atoms with E-state index < -0.39 is 5.92 Å². The van der Waals surface area contributed by atoms with E-state index in [1.165, 1.54) is 45.6 Å². The monoisotopic (exact) mass is 268 g/mol. The predicted octanol–water partition coefficient (Wildman–Crippen LogP) is 4.04. The van der Waals surface area contributed by atoms with Crippen molar-refractivity contribution in [3.63, 3.8) is 0 Å². The fourth-order valence-corrected chi connectivity index (χ4v) is 2.79. The predicted molar refractivity (Wildman–Crippen MR) is 75.9 cm³/mol. The number of ether oxygens (including phenoxy) is 1. The number of methoxy groups -OCH3 is 1. The molecular formula is C16H28O3. The highest BCUT2D eigenvalue weighted by molar-refractivity contribution is 5.98. The van der Waals surface area contributed by atoms with Gasteiger partial charge >= 0.3 is 5.97 Å². The summed E-state index contributed by atoms with van der Waals surface area (Å²) < 4.78 is 4.77. The smallest absolute Gasteiger partial charge is 0.316 e. The highest BCUT2D eigenvalue weighted by Gasteiger charge is 2.26. The minimum atomic E-state index is -0.507. The van der Waals surface area contributed by atoms with Crippen LogP contribution in [0.15, 0.2) is 0 Å². The average molecular weight is 268 g/mol. The summed E-state index contributed by atoms with van der Waals surface area (Å²) in [6, 6.07) is 0. The standard InChI is InChI=1S/C16H28O3/c1-19-16(18)14-12-10-8-6-4-2-3-5-7-9-11-13-15(14)17/h14H,2-13H2,1H3. The fourth-order valence-electron chi connectivity index (χ4n) is 2.79. The van der Waals surface area contributed by atoms with Crippen molar-refractivity contribution < 1.29 is 14.3 Å². The SMILES string of the molecule is COC(=O)C1CCCCCCCCCCCCC1=O. The van der Waals surface area contributed by atoms with Crippen LogP contribution in [-0.4, -0.2) is 18.9 Å². The summed E-state index contributed by atoms with van der Waals surface area (Å²) in [5, 5.41) is 0. The summed E-state index contributed by atoms with van der Waals surface area (Å²) >= 11 is 0. The molecule has 3 nitrogen and oxygen atoms in total. The molecule has 0 aromatic heterocycles. The lowest BCUT2D eigenvalue weighted by molar-refractivity contribution is -0.149. The summed E-state index contributed by atoms with van der Waals surface area (Å²) in [6.07, 6.45) is 13.0. The van der Waals surface area contributed by atoms with Crippen LogP contribution < -0.4 is 0 Å². The summed E-state index contributed by atoms with van der Waals surface area (Å²) in [5.74, 6) is -0.756. The second-order valence-corrected chi connectivity index (χ2v) is 5.62. The molecule has 1 saturated carbocycles. The zero-order valence-corrected chi connectivity index (χ0v) is 12.3. The normalized spacial score (nSPS) is 24.5. The molecule has 0 heterocycles. The van der Waals surface area contributed by atoms with Crippen molar-refractivity contribution in [2.75, 3.05) is 7.11 Å². The van der Waals surface area contributed by atoms with Crippen LogP contribution in [0.4, 0.5) is 0 Å². The van der Waals surface area contributed by atoms with Gasteiger partial charge in [0.2, 0.25) is 0 Å². The third-order valence-electron chi connectivity index (χ3n) is 4.04. The molecule has 110 valence electrons. The largest absolute Gasteiger partial charge is 0.468 e. The third-order valence-corrected chi connectivity index (χ3v) is 4.04. The van der Waals surface area contributed by atoms with E-state index in [9.17, 15) is 9.59 Å². The number of carbonyl (C=O) groups excluding carboxylic acids is 2. The van der Waals surface area contributed by atoms with Crippen LogP contribution in [0.2, 0.25) is 0 Å². The van der Waals surface area contributed by atoms with Crippen molar-refractivity contribution in [3.8, 4) is 0 Å². The van der Waals surface area contributed by atoms with Gasteiger partial charge in [0.1, 0.15) is 11.7 Å². The van der Waals surface area contributed by atoms with Gasteiger partial charge in [-0.25, -0.2) is 0 Å². The Hall–Kier alpha value is -0.860. The Balaban J connectivity index is 2.47. The molecule has 0 N–H and O–H groups in total. The van der Waals surface area contributed by atoms with E-state index in [0.717, 1.165) is 25.7 Å². The summed E-state index contributed by atoms with van der Waals surface area (Å²) in [7, 11) is 1.38. The van der Waals surface area contributed by atoms with E-state index in [-0.39, 0.29) is 11.8 Å². The quantitative estimate of drug-likeness (QED) is 0.532. The number of hydrogen-bond acceptors (Lipinski definition) is 3. The zero-order chi connectivity index (χ0) is 13.9. The minimum Gasteiger partial charge on any atom is -0.468 e. The first kappa shape index (κ1) is 16.2. The van der Waals surface area contributed by atoms with Gasteiger partial charge in [0.05, 0.1) is 7.11 Å². The van der Waals surface area contributed by atoms with Gasteiger partial charge in [-0.05, 0) is 12.8 Å². The van der Waals surface area contributed by atoms with Gasteiger partial charge in [0.25, 0.3) is 0 Å². The topological polar surface area (TPSA) is 43.4 Å². The number of Topliss-reactive ketones (excluding diaryl/α,β-unsaturated/α-hetero) is 1. The van der Waals surface area contributed by atoms with Crippen LogP contribution >= 0.6 is 0 Å². The molecule has 0 amide bonds. The Morgan fingerprint density at radius 3 is 1.89 bits per heavy atom. The van der Waals surface area contributed by atoms with Gasteiger partial charge in [0, 0.05) is 6.42 Å². The summed E-state index contributed by atoms with van der Waals surface area (Å²) in [6.45, 7) is 0. The van der Waals surface area contributed by atoms with Gasteiger partial charge in [-0.15, -0.1) is 0 Å². The molecule has 0 aromatic rings. The van der Waals surface area contributed by atoms with Crippen LogP contribution in [0.5, 0.6) is 0 Å². The van der Waals surface area contributed by atoms with Crippen LogP contribution in [-0.2, 0) is 14.3 Å². The Bertz CT molecular complexity index is 273. The van der Waals surface area contributed by atoms with Gasteiger partial charge in [-0.2, -0.15) is 0 Å². The lowest BCUT2D eigenvalue weighted by atomic mass is 9.92. The molecule has 0 radical (unpaired) electrons. The molecular weight excluding hydrogens is 240 g/mol. The first-order valence-corrected chi connectivity index (χ1v) is 7.86.